The third-order valence-corrected chi connectivity index (χ3v) is 4.58. The van der Waals surface area contributed by atoms with Gasteiger partial charge in [-0.1, -0.05) is 5.16 Å². The molecule has 1 N–H and O–H groups in total. The van der Waals surface area contributed by atoms with Crippen LogP contribution < -0.4 is 5.32 Å². The second kappa shape index (κ2) is 10.8. The van der Waals surface area contributed by atoms with Crippen molar-refractivity contribution in [3.05, 3.63) is 11.7 Å². The highest BCUT2D eigenvalue weighted by molar-refractivity contribution is 14.0. The normalized spacial score (nSPS) is 19.0. The maximum absolute atomic E-state index is 12.4. The van der Waals surface area contributed by atoms with Crippen molar-refractivity contribution >= 4 is 35.8 Å². The monoisotopic (exact) mass is 493 g/mol. The molecule has 27 heavy (non-hydrogen) atoms. The fourth-order valence-electron chi connectivity index (χ4n) is 3.13. The Morgan fingerprint density at radius 3 is 2.44 bits per heavy atom. The van der Waals surface area contributed by atoms with Crippen molar-refractivity contribution in [3.8, 4) is 0 Å². The van der Waals surface area contributed by atoms with Crippen molar-refractivity contribution in [2.75, 3.05) is 66.1 Å². The average molecular weight is 493 g/mol. The minimum atomic E-state index is 0. The highest BCUT2D eigenvalue weighted by atomic mass is 127. The lowest BCUT2D eigenvalue weighted by atomic mass is 10.3. The first-order valence-corrected chi connectivity index (χ1v) is 8.98. The van der Waals surface area contributed by atoms with Gasteiger partial charge < -0.3 is 24.4 Å². The number of amides is 1. The van der Waals surface area contributed by atoms with Crippen molar-refractivity contribution in [3.63, 3.8) is 0 Å². The molecule has 0 atom stereocenters. The molecule has 0 spiro atoms. The van der Waals surface area contributed by atoms with E-state index >= 15 is 0 Å². The van der Waals surface area contributed by atoms with Crippen LogP contribution in [0.2, 0.25) is 0 Å². The molecular weight excluding hydrogens is 465 g/mol. The summed E-state index contributed by atoms with van der Waals surface area (Å²) in [4.78, 5) is 27.1. The first-order valence-electron chi connectivity index (χ1n) is 8.98. The average Bonchev–Trinajstić information content (AvgIpc) is 3.09. The van der Waals surface area contributed by atoms with Crippen molar-refractivity contribution in [2.45, 2.75) is 13.5 Å². The molecule has 0 radical (unpaired) electrons. The highest BCUT2D eigenvalue weighted by Gasteiger charge is 2.24. The lowest BCUT2D eigenvalue weighted by Crippen LogP contribution is -2.54. The number of rotatable bonds is 4. The molecule has 0 unspecified atom stereocenters. The van der Waals surface area contributed by atoms with Crippen LogP contribution in [0.1, 0.15) is 11.7 Å². The van der Waals surface area contributed by atoms with E-state index in [-0.39, 0.29) is 29.9 Å². The molecule has 11 heteroatoms. The molecule has 2 fully saturated rings. The van der Waals surface area contributed by atoms with Crippen molar-refractivity contribution < 1.29 is 14.1 Å². The zero-order valence-corrected chi connectivity index (χ0v) is 18.2. The Bertz CT molecular complexity index is 625. The maximum atomic E-state index is 12.4. The second-order valence-electron chi connectivity index (χ2n) is 6.39. The van der Waals surface area contributed by atoms with Crippen molar-refractivity contribution in [2.24, 2.45) is 4.99 Å². The van der Waals surface area contributed by atoms with Gasteiger partial charge in [0.15, 0.2) is 11.8 Å². The number of ether oxygens (including phenoxy) is 1. The Morgan fingerprint density at radius 1 is 1.15 bits per heavy atom. The molecule has 1 amide bonds. The summed E-state index contributed by atoms with van der Waals surface area (Å²) in [6.45, 7) is 8.70. The molecule has 2 saturated heterocycles. The van der Waals surface area contributed by atoms with Crippen LogP contribution in [0.4, 0.5) is 0 Å². The predicted octanol–water partition coefficient (Wildman–Crippen LogP) is -0.452. The van der Waals surface area contributed by atoms with E-state index in [4.69, 9.17) is 9.26 Å². The van der Waals surface area contributed by atoms with Crippen LogP contribution in [0.5, 0.6) is 0 Å². The standard InChI is InChI=1S/C16H27N7O3.HI/c1-13-19-14(20-26-13)11-18-16(17-2)23-5-3-21(4-6-23)12-15(24)22-7-9-25-10-8-22;/h3-12H2,1-2H3,(H,17,18);1H. The Kier molecular flexibility index (Phi) is 8.70. The van der Waals surface area contributed by atoms with Gasteiger partial charge in [0.1, 0.15) is 0 Å². The molecule has 2 aliphatic rings. The maximum Gasteiger partial charge on any atom is 0.236 e. The van der Waals surface area contributed by atoms with Crippen LogP contribution in [-0.2, 0) is 16.1 Å². The summed E-state index contributed by atoms with van der Waals surface area (Å²) in [6.07, 6.45) is 0. The quantitative estimate of drug-likeness (QED) is 0.342. The number of aliphatic imine (C=N–C) groups is 1. The van der Waals surface area contributed by atoms with E-state index in [9.17, 15) is 4.79 Å². The number of halogens is 1. The summed E-state index contributed by atoms with van der Waals surface area (Å²) in [5, 5.41) is 7.13. The summed E-state index contributed by atoms with van der Waals surface area (Å²) >= 11 is 0. The predicted molar refractivity (Wildman–Crippen MR) is 110 cm³/mol. The fourth-order valence-corrected chi connectivity index (χ4v) is 3.13. The number of carbonyl (C=O) groups excluding carboxylic acids is 1. The molecule has 10 nitrogen and oxygen atoms in total. The van der Waals surface area contributed by atoms with E-state index in [0.29, 0.717) is 51.1 Å². The number of hydrogen-bond acceptors (Lipinski definition) is 7. The molecule has 0 saturated carbocycles. The summed E-state index contributed by atoms with van der Waals surface area (Å²) in [7, 11) is 1.76. The minimum Gasteiger partial charge on any atom is -0.378 e. The Balaban J connectivity index is 0.00000261. The van der Waals surface area contributed by atoms with E-state index < -0.39 is 0 Å². The second-order valence-corrected chi connectivity index (χ2v) is 6.39. The largest absolute Gasteiger partial charge is 0.378 e. The number of guanidine groups is 1. The molecule has 0 bridgehead atoms. The molecule has 0 aromatic carbocycles. The van der Waals surface area contributed by atoms with Gasteiger partial charge in [-0.3, -0.25) is 14.7 Å². The van der Waals surface area contributed by atoms with Gasteiger partial charge in [0.2, 0.25) is 11.8 Å². The number of nitrogens with one attached hydrogen (secondary N) is 1. The van der Waals surface area contributed by atoms with Gasteiger partial charge in [-0.05, 0) is 0 Å². The van der Waals surface area contributed by atoms with E-state index in [1.165, 1.54) is 0 Å². The van der Waals surface area contributed by atoms with Crippen LogP contribution in [-0.4, -0.2) is 103 Å². The number of aromatic nitrogens is 2. The third kappa shape index (κ3) is 6.28. The van der Waals surface area contributed by atoms with Gasteiger partial charge in [0.25, 0.3) is 0 Å². The number of carbonyl (C=O) groups is 1. The van der Waals surface area contributed by atoms with Crippen LogP contribution in [0, 0.1) is 6.92 Å². The van der Waals surface area contributed by atoms with Crippen molar-refractivity contribution in [1.29, 1.82) is 0 Å². The van der Waals surface area contributed by atoms with Crippen LogP contribution in [0.3, 0.4) is 0 Å². The lowest BCUT2D eigenvalue weighted by molar-refractivity contribution is -0.136. The highest BCUT2D eigenvalue weighted by Crippen LogP contribution is 2.05. The molecule has 1 aromatic rings. The Hall–Kier alpha value is -1.47. The Labute approximate surface area is 176 Å². The fraction of sp³-hybridized carbons (Fsp3) is 0.750. The Morgan fingerprint density at radius 2 is 1.85 bits per heavy atom. The van der Waals surface area contributed by atoms with E-state index in [0.717, 1.165) is 32.1 Å². The molecule has 2 aliphatic heterocycles. The molecule has 3 heterocycles. The first kappa shape index (κ1) is 21.8. The van der Waals surface area contributed by atoms with E-state index in [1.54, 1.807) is 14.0 Å². The molecular formula is C16H28IN7O3. The van der Waals surface area contributed by atoms with Crippen LogP contribution in [0.15, 0.2) is 9.52 Å². The van der Waals surface area contributed by atoms with Gasteiger partial charge in [-0.2, -0.15) is 4.98 Å². The lowest BCUT2D eigenvalue weighted by Gasteiger charge is -2.37. The number of hydrogen-bond donors (Lipinski definition) is 1. The van der Waals surface area contributed by atoms with Crippen LogP contribution in [0.25, 0.3) is 0 Å². The SMILES string of the molecule is CN=C(NCc1noc(C)n1)N1CCN(CC(=O)N2CCOCC2)CC1.I. The van der Waals surface area contributed by atoms with Crippen LogP contribution >= 0.6 is 24.0 Å². The summed E-state index contributed by atoms with van der Waals surface area (Å²) < 4.78 is 10.3. The van der Waals surface area contributed by atoms with Gasteiger partial charge >= 0.3 is 0 Å². The molecule has 152 valence electrons. The van der Waals surface area contributed by atoms with E-state index in [1.807, 2.05) is 4.90 Å². The van der Waals surface area contributed by atoms with Gasteiger partial charge in [0.05, 0.1) is 26.3 Å². The first-order chi connectivity index (χ1) is 12.7. The third-order valence-electron chi connectivity index (χ3n) is 4.58. The number of nitrogens with zero attached hydrogens (tertiary/aromatic N) is 6. The van der Waals surface area contributed by atoms with E-state index in [2.05, 4.69) is 30.2 Å². The molecule has 3 rings (SSSR count). The summed E-state index contributed by atoms with van der Waals surface area (Å²) in [5.74, 6) is 2.16. The summed E-state index contributed by atoms with van der Waals surface area (Å²) in [6, 6.07) is 0. The molecule has 0 aliphatic carbocycles. The number of piperazine rings is 1. The zero-order chi connectivity index (χ0) is 18.4. The van der Waals surface area contributed by atoms with Gasteiger partial charge in [0, 0.05) is 53.2 Å². The van der Waals surface area contributed by atoms with Gasteiger partial charge in [-0.15, -0.1) is 24.0 Å². The number of morpholine rings is 1. The minimum absolute atomic E-state index is 0. The number of aryl methyl sites for hydroxylation is 1. The topological polar surface area (TPSA) is 99.3 Å². The zero-order valence-electron chi connectivity index (χ0n) is 15.9. The summed E-state index contributed by atoms with van der Waals surface area (Å²) in [5.41, 5.74) is 0. The smallest absolute Gasteiger partial charge is 0.236 e. The van der Waals surface area contributed by atoms with Gasteiger partial charge in [-0.25, -0.2) is 0 Å². The molecule has 1 aromatic heterocycles. The van der Waals surface area contributed by atoms with Crippen molar-refractivity contribution in [1.82, 2.24) is 30.2 Å².